The van der Waals surface area contributed by atoms with Crippen LogP contribution in [0.15, 0.2) is 23.8 Å². The first kappa shape index (κ1) is 55.7. The van der Waals surface area contributed by atoms with Gasteiger partial charge in [0.1, 0.15) is 0 Å². The fourth-order valence-electron chi connectivity index (χ4n) is 6.25. The largest absolute Gasteiger partial charge is 2.00 e. The van der Waals surface area contributed by atoms with E-state index < -0.39 is 29.6 Å². The van der Waals surface area contributed by atoms with E-state index >= 15 is 0 Å². The van der Waals surface area contributed by atoms with Crippen LogP contribution in [-0.2, 0) is 38.7 Å². The Balaban J connectivity index is -0.000000722. The molecule has 1 atom stereocenters. The Morgan fingerprint density at radius 1 is 0.547 bits per heavy atom. The third kappa shape index (κ3) is 46.4. The number of carbonyl (C=O) groups is 4. The van der Waals surface area contributed by atoms with Gasteiger partial charge in [0, 0.05) is 18.4 Å². The van der Waals surface area contributed by atoms with Gasteiger partial charge in [0.15, 0.2) is 0 Å². The zero-order chi connectivity index (χ0) is 38.9. The molecular formula is C45H80O7Zn. The van der Waals surface area contributed by atoms with Crippen LogP contribution in [0.4, 0.5) is 0 Å². The van der Waals surface area contributed by atoms with E-state index in [1.165, 1.54) is 179 Å². The smallest absolute Gasteiger partial charge is 0.550 e. The molecule has 1 rings (SSSR count). The van der Waals surface area contributed by atoms with Crippen molar-refractivity contribution in [2.24, 2.45) is 0 Å². The summed E-state index contributed by atoms with van der Waals surface area (Å²) in [5.74, 6) is -2.77. The Labute approximate surface area is 338 Å². The number of aliphatic hydroxyl groups excluding tert-OH is 1. The zero-order valence-electron chi connectivity index (χ0n) is 34.7. The number of Topliss-reactive ketones (excluding diaryl/α,β-unsaturated/α-hetero) is 1. The van der Waals surface area contributed by atoms with Crippen LogP contribution < -0.4 is 10.2 Å². The summed E-state index contributed by atoms with van der Waals surface area (Å²) in [5.41, 5.74) is 0.585. The summed E-state index contributed by atoms with van der Waals surface area (Å²) in [6, 6.07) is 0. The van der Waals surface area contributed by atoms with E-state index in [4.69, 9.17) is 5.11 Å². The maximum atomic E-state index is 11.0. The van der Waals surface area contributed by atoms with Crippen molar-refractivity contribution in [3.05, 3.63) is 23.8 Å². The van der Waals surface area contributed by atoms with E-state index in [-0.39, 0.29) is 38.7 Å². The van der Waals surface area contributed by atoms with Crippen LogP contribution >= 0.6 is 0 Å². The molecule has 8 heteroatoms. The molecule has 0 amide bonds. The van der Waals surface area contributed by atoms with Gasteiger partial charge in [0.2, 0.25) is 11.6 Å². The summed E-state index contributed by atoms with van der Waals surface area (Å²) in [6.07, 6.45) is 43.4. The van der Waals surface area contributed by atoms with Crippen LogP contribution in [0.5, 0.6) is 0 Å². The molecule has 1 N–H and O–H groups in total. The fourth-order valence-corrected chi connectivity index (χ4v) is 6.25. The number of carboxylic acids is 2. The minimum Gasteiger partial charge on any atom is -0.550 e. The van der Waals surface area contributed by atoms with Crippen molar-refractivity contribution in [2.45, 2.75) is 239 Å². The molecule has 304 valence electrons. The van der Waals surface area contributed by atoms with Crippen LogP contribution in [0.2, 0.25) is 0 Å². The number of aliphatic hydroxyl groups is 1. The van der Waals surface area contributed by atoms with E-state index in [0.29, 0.717) is 5.57 Å². The van der Waals surface area contributed by atoms with Gasteiger partial charge in [-0.25, -0.2) is 0 Å². The molecule has 0 aromatic heterocycles. The third-order valence-electron chi connectivity index (χ3n) is 9.70. The van der Waals surface area contributed by atoms with Gasteiger partial charge in [-0.05, 0) is 44.3 Å². The Kier molecular flexibility index (Phi) is 47.0. The number of carbonyl (C=O) groups excluding carboxylic acids is 4. The second-order valence-corrected chi connectivity index (χ2v) is 14.9. The average Bonchev–Trinajstić information content (AvgIpc) is 3.28. The molecule has 7 nitrogen and oxygen atoms in total. The molecule has 0 saturated carbocycles. The number of unbranched alkanes of at least 4 members (excludes halogenated alkanes) is 28. The molecule has 0 aliphatic heterocycles. The number of hydrogen-bond acceptors (Lipinski definition) is 7. The van der Waals surface area contributed by atoms with E-state index in [1.54, 1.807) is 13.0 Å². The van der Waals surface area contributed by atoms with Gasteiger partial charge in [0.05, 0.1) is 6.10 Å². The SMILES string of the molecule is CC(O)C1=CC=CC(=O)C(=O)C1.CCCCCCCCCCCCCCCCCC(=O)[O-].CCCCCCCCCCCCCCCCCC(=O)[O-].[Zn+2]. The monoisotopic (exact) mass is 797 g/mol. The molecule has 0 bridgehead atoms. The topological polar surface area (TPSA) is 135 Å². The summed E-state index contributed by atoms with van der Waals surface area (Å²) in [5, 5.41) is 29.6. The summed E-state index contributed by atoms with van der Waals surface area (Å²) in [7, 11) is 0. The van der Waals surface area contributed by atoms with Crippen LogP contribution in [0, 0.1) is 0 Å². The van der Waals surface area contributed by atoms with Crippen LogP contribution in [0.1, 0.15) is 233 Å². The molecule has 1 aliphatic carbocycles. The maximum Gasteiger partial charge on any atom is 2.00 e. The van der Waals surface area contributed by atoms with Crippen molar-refractivity contribution in [1.29, 1.82) is 0 Å². The first-order chi connectivity index (χ1) is 25.1. The van der Waals surface area contributed by atoms with Crippen molar-refractivity contribution in [2.75, 3.05) is 0 Å². The third-order valence-corrected chi connectivity index (χ3v) is 9.70. The molecular weight excluding hydrogens is 718 g/mol. The standard InChI is InChI=1S/2C18H36O2.C9H10O3.Zn/c2*1-2-3-4-5-6-7-8-9-10-11-12-13-14-15-16-17-18(19)20;1-6(10)7-3-2-4-8(11)9(12)5-7;/h2*2-17H2,1H3,(H,19,20);2-4,6,10H,5H2,1H3;/q;;;+2/p-2. The van der Waals surface area contributed by atoms with Gasteiger partial charge in [-0.1, -0.05) is 206 Å². The van der Waals surface area contributed by atoms with Crippen molar-refractivity contribution >= 4 is 23.5 Å². The van der Waals surface area contributed by atoms with Gasteiger partial charge in [-0.15, -0.1) is 0 Å². The summed E-state index contributed by atoms with van der Waals surface area (Å²) >= 11 is 0. The number of aliphatic carboxylic acids is 2. The van der Waals surface area contributed by atoms with Crippen molar-refractivity contribution in [3.63, 3.8) is 0 Å². The number of rotatable bonds is 33. The first-order valence-corrected chi connectivity index (χ1v) is 21.7. The molecule has 1 aliphatic rings. The molecule has 0 aromatic rings. The van der Waals surface area contributed by atoms with Crippen LogP contribution in [0.3, 0.4) is 0 Å². The number of ketones is 2. The molecule has 0 heterocycles. The van der Waals surface area contributed by atoms with Crippen LogP contribution in [-0.4, -0.2) is 34.7 Å². The molecule has 0 radical (unpaired) electrons. The Bertz CT molecular complexity index is 869. The Morgan fingerprint density at radius 3 is 1.06 bits per heavy atom. The summed E-state index contributed by atoms with van der Waals surface area (Å²) in [6.45, 7) is 6.11. The Hall–Kier alpha value is -1.66. The molecule has 1 unspecified atom stereocenters. The second kappa shape index (κ2) is 44.7. The molecule has 0 spiro atoms. The molecule has 0 saturated heterocycles. The summed E-state index contributed by atoms with van der Waals surface area (Å²) in [4.78, 5) is 42.3. The van der Waals surface area contributed by atoms with Gasteiger partial charge in [-0.3, -0.25) is 9.59 Å². The summed E-state index contributed by atoms with van der Waals surface area (Å²) < 4.78 is 0. The molecule has 0 fully saturated rings. The second-order valence-electron chi connectivity index (χ2n) is 14.9. The van der Waals surface area contributed by atoms with Gasteiger partial charge < -0.3 is 24.9 Å². The number of allylic oxidation sites excluding steroid dienone is 3. The van der Waals surface area contributed by atoms with E-state index in [9.17, 15) is 29.4 Å². The van der Waals surface area contributed by atoms with Crippen molar-refractivity contribution < 1.29 is 54.0 Å². The predicted molar refractivity (Wildman–Crippen MR) is 213 cm³/mol. The quantitative estimate of drug-likeness (QED) is 0.0397. The van der Waals surface area contributed by atoms with Crippen LogP contribution in [0.25, 0.3) is 0 Å². The Morgan fingerprint density at radius 2 is 0.811 bits per heavy atom. The van der Waals surface area contributed by atoms with E-state index in [2.05, 4.69) is 13.8 Å². The van der Waals surface area contributed by atoms with Crippen molar-refractivity contribution in [1.82, 2.24) is 0 Å². The number of carboxylic acid groups (broad SMARTS) is 2. The minimum absolute atomic E-state index is 0. The van der Waals surface area contributed by atoms with Crippen molar-refractivity contribution in [3.8, 4) is 0 Å². The minimum atomic E-state index is -0.903. The van der Waals surface area contributed by atoms with E-state index in [1.807, 2.05) is 0 Å². The molecule has 53 heavy (non-hydrogen) atoms. The predicted octanol–water partition coefficient (Wildman–Crippen LogP) is 10.4. The normalized spacial score (nSPS) is 12.8. The zero-order valence-corrected chi connectivity index (χ0v) is 37.7. The maximum absolute atomic E-state index is 11.0. The fraction of sp³-hybridized carbons (Fsp3) is 0.822. The average molecular weight is 799 g/mol. The van der Waals surface area contributed by atoms with Gasteiger partial charge in [-0.2, -0.15) is 0 Å². The van der Waals surface area contributed by atoms with Gasteiger partial charge >= 0.3 is 19.5 Å². The molecule has 0 aromatic carbocycles. The first-order valence-electron chi connectivity index (χ1n) is 21.7. The van der Waals surface area contributed by atoms with Gasteiger partial charge in [0.25, 0.3) is 0 Å². The van der Waals surface area contributed by atoms with E-state index in [0.717, 1.165) is 25.7 Å². The number of hydrogen-bond donors (Lipinski definition) is 1.